The number of rotatable bonds is 12. The summed E-state index contributed by atoms with van der Waals surface area (Å²) >= 11 is 0. The van der Waals surface area contributed by atoms with Gasteiger partial charge < -0.3 is 24.7 Å². The summed E-state index contributed by atoms with van der Waals surface area (Å²) in [5.41, 5.74) is 1.80. The van der Waals surface area contributed by atoms with Crippen LogP contribution in [0, 0.1) is 0 Å². The predicted octanol–water partition coefficient (Wildman–Crippen LogP) is 3.97. The first kappa shape index (κ1) is 30.2. The quantitative estimate of drug-likeness (QED) is 0.194. The number of pyridine rings is 1. The Hall–Kier alpha value is -2.88. The van der Waals surface area contributed by atoms with Crippen LogP contribution < -0.4 is 11.3 Å². The Kier molecular flexibility index (Phi) is 11.9. The second kappa shape index (κ2) is 13.9. The highest BCUT2D eigenvalue weighted by atomic mass is 16.6. The van der Waals surface area contributed by atoms with Crippen molar-refractivity contribution in [3.05, 3.63) is 23.9 Å². The molecular formula is C25H43N5O5. The molecule has 3 N–H and O–H groups in total. The van der Waals surface area contributed by atoms with E-state index in [4.69, 9.17) is 15.3 Å². The number of hydrogen-bond donors (Lipinski definition) is 2. The van der Waals surface area contributed by atoms with Gasteiger partial charge in [0.2, 0.25) is 0 Å². The largest absolute Gasteiger partial charge is 0.460 e. The molecule has 1 aromatic rings. The van der Waals surface area contributed by atoms with Crippen LogP contribution in [-0.4, -0.2) is 70.6 Å². The van der Waals surface area contributed by atoms with Crippen LogP contribution in [0.4, 0.5) is 10.6 Å². The van der Waals surface area contributed by atoms with Crippen LogP contribution in [0.1, 0.15) is 84.0 Å². The van der Waals surface area contributed by atoms with Crippen molar-refractivity contribution in [2.24, 2.45) is 5.84 Å². The fourth-order valence-corrected chi connectivity index (χ4v) is 3.19. The molecule has 0 aliphatic carbocycles. The summed E-state index contributed by atoms with van der Waals surface area (Å²) in [4.78, 5) is 44.5. The van der Waals surface area contributed by atoms with Crippen molar-refractivity contribution in [3.8, 4) is 0 Å². The number of carbonyl (C=O) groups is 3. The van der Waals surface area contributed by atoms with Gasteiger partial charge in [-0.3, -0.25) is 9.59 Å². The number of esters is 1. The van der Waals surface area contributed by atoms with Crippen molar-refractivity contribution in [2.75, 3.05) is 32.1 Å². The van der Waals surface area contributed by atoms with Gasteiger partial charge in [0.15, 0.2) is 0 Å². The van der Waals surface area contributed by atoms with E-state index in [0.29, 0.717) is 50.3 Å². The van der Waals surface area contributed by atoms with Crippen LogP contribution in [-0.2, 0) is 14.3 Å². The first-order valence-electron chi connectivity index (χ1n) is 12.1. The van der Waals surface area contributed by atoms with Gasteiger partial charge in [-0.05, 0) is 72.9 Å². The van der Waals surface area contributed by atoms with Gasteiger partial charge in [0, 0.05) is 39.3 Å². The fraction of sp³-hybridized carbons (Fsp3) is 0.680. The molecule has 1 rings (SSSR count). The van der Waals surface area contributed by atoms with E-state index in [1.54, 1.807) is 29.0 Å². The zero-order valence-corrected chi connectivity index (χ0v) is 22.3. The van der Waals surface area contributed by atoms with E-state index in [1.165, 1.54) is 6.20 Å². The third-order valence-corrected chi connectivity index (χ3v) is 4.81. The second-order valence-corrected chi connectivity index (χ2v) is 10.5. The van der Waals surface area contributed by atoms with Crippen molar-refractivity contribution in [2.45, 2.75) is 84.8 Å². The van der Waals surface area contributed by atoms with Crippen LogP contribution in [0.15, 0.2) is 18.3 Å². The monoisotopic (exact) mass is 493 g/mol. The first-order valence-corrected chi connectivity index (χ1v) is 12.1. The highest BCUT2D eigenvalue weighted by molar-refractivity contribution is 5.93. The minimum absolute atomic E-state index is 0.160. The molecule has 10 nitrogen and oxygen atoms in total. The Morgan fingerprint density at radius 2 is 1.54 bits per heavy atom. The maximum Gasteiger partial charge on any atom is 0.410 e. The van der Waals surface area contributed by atoms with Crippen molar-refractivity contribution in [1.29, 1.82) is 0 Å². The maximum atomic E-state index is 12.7. The number of ether oxygens (including phenoxy) is 2. The molecule has 2 amide bonds. The lowest BCUT2D eigenvalue weighted by Gasteiger charge is -2.28. The van der Waals surface area contributed by atoms with Crippen LogP contribution in [0.5, 0.6) is 0 Å². The van der Waals surface area contributed by atoms with Crippen molar-refractivity contribution in [3.63, 3.8) is 0 Å². The standard InChI is InChI=1S/C25H43N5O5/c1-24(2,3)34-21(31)12-9-8-10-16-30(23(33)35-25(4,5)6)17-11-15-29(7)22(32)19-13-14-20(28-26)27-18-19/h13-14,18H,8-12,15-17,26H2,1-7H3,(H,27,28). The number of nitrogens with zero attached hydrogens (tertiary/aromatic N) is 3. The van der Waals surface area contributed by atoms with Crippen molar-refractivity contribution in [1.82, 2.24) is 14.8 Å². The summed E-state index contributed by atoms with van der Waals surface area (Å²) in [6, 6.07) is 3.29. The molecule has 1 heterocycles. The Balaban J connectivity index is 2.55. The second-order valence-electron chi connectivity index (χ2n) is 10.5. The van der Waals surface area contributed by atoms with E-state index in [-0.39, 0.29) is 18.0 Å². The molecular weight excluding hydrogens is 450 g/mol. The molecule has 10 heteroatoms. The smallest absolute Gasteiger partial charge is 0.410 e. The lowest BCUT2D eigenvalue weighted by Crippen LogP contribution is -2.39. The number of hydrazine groups is 1. The topological polar surface area (TPSA) is 127 Å². The van der Waals surface area contributed by atoms with E-state index < -0.39 is 11.2 Å². The molecule has 0 saturated carbocycles. The molecule has 0 saturated heterocycles. The third kappa shape index (κ3) is 13.0. The molecule has 0 aromatic carbocycles. The van der Waals surface area contributed by atoms with Gasteiger partial charge in [-0.1, -0.05) is 6.42 Å². The number of aromatic nitrogens is 1. The summed E-state index contributed by atoms with van der Waals surface area (Å²) in [5.74, 6) is 5.41. The summed E-state index contributed by atoms with van der Waals surface area (Å²) < 4.78 is 10.9. The van der Waals surface area contributed by atoms with Crippen LogP contribution in [0.3, 0.4) is 0 Å². The number of nitrogen functional groups attached to an aromatic ring is 1. The molecule has 0 fully saturated rings. The number of amides is 2. The molecule has 0 unspecified atom stereocenters. The van der Waals surface area contributed by atoms with Crippen LogP contribution >= 0.6 is 0 Å². The van der Waals surface area contributed by atoms with E-state index in [1.807, 2.05) is 41.5 Å². The SMILES string of the molecule is CN(CCCN(CCCCCC(=O)OC(C)(C)C)C(=O)OC(C)(C)C)C(=O)c1ccc(NN)nc1. The molecule has 0 spiro atoms. The maximum absolute atomic E-state index is 12.7. The first-order chi connectivity index (χ1) is 16.2. The van der Waals surface area contributed by atoms with Gasteiger partial charge in [-0.15, -0.1) is 0 Å². The normalized spacial score (nSPS) is 11.5. The van der Waals surface area contributed by atoms with E-state index >= 15 is 0 Å². The zero-order chi connectivity index (χ0) is 26.6. The average molecular weight is 494 g/mol. The van der Waals surface area contributed by atoms with Gasteiger partial charge in [0.1, 0.15) is 17.0 Å². The molecule has 0 aliphatic heterocycles. The predicted molar refractivity (Wildman–Crippen MR) is 136 cm³/mol. The zero-order valence-electron chi connectivity index (χ0n) is 22.3. The van der Waals surface area contributed by atoms with Gasteiger partial charge >= 0.3 is 12.1 Å². The van der Waals surface area contributed by atoms with Crippen molar-refractivity contribution < 1.29 is 23.9 Å². The average Bonchev–Trinajstić information content (AvgIpc) is 2.74. The molecule has 198 valence electrons. The Morgan fingerprint density at radius 3 is 2.09 bits per heavy atom. The minimum Gasteiger partial charge on any atom is -0.460 e. The molecule has 0 bridgehead atoms. The molecule has 1 aromatic heterocycles. The number of unbranched alkanes of at least 4 members (excludes halogenated alkanes) is 2. The Labute approximate surface area is 209 Å². The lowest BCUT2D eigenvalue weighted by molar-refractivity contribution is -0.154. The molecule has 0 atom stereocenters. The minimum atomic E-state index is -0.601. The van der Waals surface area contributed by atoms with Crippen LogP contribution in [0.25, 0.3) is 0 Å². The number of anilines is 1. The fourth-order valence-electron chi connectivity index (χ4n) is 3.19. The highest BCUT2D eigenvalue weighted by Crippen LogP contribution is 2.14. The number of nitrogens with one attached hydrogen (secondary N) is 1. The summed E-state index contributed by atoms with van der Waals surface area (Å²) in [5, 5.41) is 0. The molecule has 0 radical (unpaired) electrons. The third-order valence-electron chi connectivity index (χ3n) is 4.81. The van der Waals surface area contributed by atoms with E-state index in [2.05, 4.69) is 10.4 Å². The summed E-state index contributed by atoms with van der Waals surface area (Å²) in [6.07, 6.45) is 4.26. The van der Waals surface area contributed by atoms with Gasteiger partial charge in [-0.2, -0.15) is 0 Å². The lowest BCUT2D eigenvalue weighted by atomic mass is 10.1. The number of nitrogens with two attached hydrogens (primary N) is 1. The molecule has 35 heavy (non-hydrogen) atoms. The van der Waals surface area contributed by atoms with Gasteiger partial charge in [0.05, 0.1) is 5.56 Å². The summed E-state index contributed by atoms with van der Waals surface area (Å²) in [6.45, 7) is 12.5. The molecule has 0 aliphatic rings. The van der Waals surface area contributed by atoms with Crippen LogP contribution in [0.2, 0.25) is 0 Å². The Morgan fingerprint density at radius 1 is 0.914 bits per heavy atom. The van der Waals surface area contributed by atoms with Gasteiger partial charge in [-0.25, -0.2) is 15.6 Å². The summed E-state index contributed by atoms with van der Waals surface area (Å²) in [7, 11) is 1.71. The highest BCUT2D eigenvalue weighted by Gasteiger charge is 2.22. The Bertz CT molecular complexity index is 815. The number of hydrogen-bond acceptors (Lipinski definition) is 8. The number of carbonyl (C=O) groups excluding carboxylic acids is 3. The van der Waals surface area contributed by atoms with Crippen molar-refractivity contribution >= 4 is 23.8 Å². The van der Waals surface area contributed by atoms with E-state index in [9.17, 15) is 14.4 Å². The van der Waals surface area contributed by atoms with E-state index in [0.717, 1.165) is 12.8 Å². The van der Waals surface area contributed by atoms with Gasteiger partial charge in [0.25, 0.3) is 5.91 Å².